The first-order valence-electron chi connectivity index (χ1n) is 9.59. The molecule has 2 rings (SSSR count). The summed E-state index contributed by atoms with van der Waals surface area (Å²) in [6.07, 6.45) is 0. The Labute approximate surface area is 188 Å². The highest BCUT2D eigenvalue weighted by Crippen LogP contribution is 2.22. The SMILES string of the molecule is CNC(=O)[C@H](C)N(Cc1ccccc1Cl)C(=O)CN(c1ccccc1)S(=O)(=O)N(C)C. The highest BCUT2D eigenvalue weighted by Gasteiger charge is 2.32. The summed E-state index contributed by atoms with van der Waals surface area (Å²) in [5.41, 5.74) is 0.991. The van der Waals surface area contributed by atoms with Crippen molar-refractivity contribution in [2.75, 3.05) is 32.0 Å². The van der Waals surface area contributed by atoms with Gasteiger partial charge in [0.25, 0.3) is 0 Å². The van der Waals surface area contributed by atoms with E-state index < -0.39 is 28.7 Å². The van der Waals surface area contributed by atoms with Crippen LogP contribution in [-0.4, -0.2) is 63.2 Å². The standard InChI is InChI=1S/C21H27ClN4O4S/c1-16(21(28)23-2)25(14-17-10-8-9-13-19(17)22)20(27)15-26(31(29,30)24(3)4)18-11-6-5-7-12-18/h5-13,16H,14-15H2,1-4H3,(H,23,28)/t16-/m0/s1. The van der Waals surface area contributed by atoms with Gasteiger partial charge in [0, 0.05) is 32.7 Å². The number of nitrogens with zero attached hydrogens (tertiary/aromatic N) is 3. The smallest absolute Gasteiger partial charge is 0.304 e. The molecule has 168 valence electrons. The van der Waals surface area contributed by atoms with Crippen LogP contribution in [0.3, 0.4) is 0 Å². The lowest BCUT2D eigenvalue weighted by atomic mass is 10.1. The molecular formula is C21H27ClN4O4S. The van der Waals surface area contributed by atoms with Crippen molar-refractivity contribution in [2.24, 2.45) is 0 Å². The molecule has 1 N–H and O–H groups in total. The number of hydrogen-bond acceptors (Lipinski definition) is 4. The van der Waals surface area contributed by atoms with Crippen molar-refractivity contribution in [1.29, 1.82) is 0 Å². The number of para-hydroxylation sites is 1. The first kappa shape index (κ1) is 24.6. The zero-order chi connectivity index (χ0) is 23.2. The lowest BCUT2D eigenvalue weighted by Gasteiger charge is -2.32. The van der Waals surface area contributed by atoms with Gasteiger partial charge >= 0.3 is 10.2 Å². The number of rotatable bonds is 9. The van der Waals surface area contributed by atoms with Gasteiger partial charge in [0.2, 0.25) is 11.8 Å². The Morgan fingerprint density at radius 2 is 1.61 bits per heavy atom. The first-order valence-corrected chi connectivity index (χ1v) is 11.4. The Kier molecular flexibility index (Phi) is 8.43. The summed E-state index contributed by atoms with van der Waals surface area (Å²) in [6.45, 7) is 1.16. The number of carbonyl (C=O) groups excluding carboxylic acids is 2. The van der Waals surface area contributed by atoms with Crippen LogP contribution in [0.5, 0.6) is 0 Å². The predicted octanol–water partition coefficient (Wildman–Crippen LogP) is 2.12. The third-order valence-electron chi connectivity index (χ3n) is 4.78. The fraction of sp³-hybridized carbons (Fsp3) is 0.333. The van der Waals surface area contributed by atoms with E-state index in [-0.39, 0.29) is 12.5 Å². The molecular weight excluding hydrogens is 440 g/mol. The summed E-state index contributed by atoms with van der Waals surface area (Å²) in [7, 11) is 0.302. The topological polar surface area (TPSA) is 90.0 Å². The predicted molar refractivity (Wildman–Crippen MR) is 122 cm³/mol. The highest BCUT2D eigenvalue weighted by atomic mass is 35.5. The monoisotopic (exact) mass is 466 g/mol. The molecule has 31 heavy (non-hydrogen) atoms. The Bertz CT molecular complexity index is 1020. The summed E-state index contributed by atoms with van der Waals surface area (Å²) in [5.74, 6) is -0.910. The van der Waals surface area contributed by atoms with Gasteiger partial charge in [0.1, 0.15) is 12.6 Å². The number of carbonyl (C=O) groups is 2. The van der Waals surface area contributed by atoms with Crippen LogP contribution in [0.4, 0.5) is 5.69 Å². The summed E-state index contributed by atoms with van der Waals surface area (Å²) in [4.78, 5) is 27.0. The Balaban J connectivity index is 2.43. The number of halogens is 1. The Morgan fingerprint density at radius 1 is 1.03 bits per heavy atom. The highest BCUT2D eigenvalue weighted by molar-refractivity contribution is 7.90. The number of benzene rings is 2. The quantitative estimate of drug-likeness (QED) is 0.613. The summed E-state index contributed by atoms with van der Waals surface area (Å²) in [6, 6.07) is 14.5. The van der Waals surface area contributed by atoms with Crippen molar-refractivity contribution < 1.29 is 18.0 Å². The molecule has 0 radical (unpaired) electrons. The number of anilines is 1. The van der Waals surface area contributed by atoms with E-state index in [9.17, 15) is 18.0 Å². The van der Waals surface area contributed by atoms with E-state index in [4.69, 9.17) is 11.6 Å². The van der Waals surface area contributed by atoms with Crippen molar-refractivity contribution in [2.45, 2.75) is 19.5 Å². The van der Waals surface area contributed by atoms with Crippen LogP contribution in [0.25, 0.3) is 0 Å². The Morgan fingerprint density at radius 3 is 2.16 bits per heavy atom. The number of likely N-dealkylation sites (N-methyl/N-ethyl adjacent to an activating group) is 1. The summed E-state index contributed by atoms with van der Waals surface area (Å²) >= 11 is 6.26. The van der Waals surface area contributed by atoms with Crippen molar-refractivity contribution in [3.05, 3.63) is 65.2 Å². The maximum Gasteiger partial charge on any atom is 0.304 e. The van der Waals surface area contributed by atoms with Crippen LogP contribution < -0.4 is 9.62 Å². The fourth-order valence-corrected chi connectivity index (χ4v) is 4.16. The molecule has 10 heteroatoms. The molecule has 0 heterocycles. The molecule has 0 aromatic heterocycles. The third-order valence-corrected chi connectivity index (χ3v) is 6.96. The molecule has 2 aromatic carbocycles. The van der Waals surface area contributed by atoms with Gasteiger partial charge in [-0.2, -0.15) is 12.7 Å². The number of nitrogens with one attached hydrogen (secondary N) is 1. The number of amides is 2. The Hall–Kier alpha value is -2.62. The molecule has 0 bridgehead atoms. The van der Waals surface area contributed by atoms with E-state index in [1.165, 1.54) is 26.0 Å². The van der Waals surface area contributed by atoms with Gasteiger partial charge < -0.3 is 10.2 Å². The second-order valence-electron chi connectivity index (χ2n) is 7.04. The molecule has 0 fully saturated rings. The lowest BCUT2D eigenvalue weighted by molar-refractivity contribution is -0.139. The molecule has 0 aliphatic carbocycles. The van der Waals surface area contributed by atoms with Crippen LogP contribution in [0.2, 0.25) is 5.02 Å². The van der Waals surface area contributed by atoms with E-state index in [1.54, 1.807) is 61.5 Å². The fourth-order valence-electron chi connectivity index (χ4n) is 2.91. The van der Waals surface area contributed by atoms with Crippen LogP contribution in [0, 0.1) is 0 Å². The molecule has 0 saturated carbocycles. The first-order chi connectivity index (χ1) is 14.6. The van der Waals surface area contributed by atoms with Crippen LogP contribution in [0.15, 0.2) is 54.6 Å². The normalized spacial score (nSPS) is 12.3. The van der Waals surface area contributed by atoms with Gasteiger partial charge in [0.05, 0.1) is 5.69 Å². The van der Waals surface area contributed by atoms with Gasteiger partial charge in [0.15, 0.2) is 0 Å². The van der Waals surface area contributed by atoms with Crippen molar-refractivity contribution in [3.63, 3.8) is 0 Å². The zero-order valence-electron chi connectivity index (χ0n) is 17.9. The molecule has 0 aliphatic heterocycles. The van der Waals surface area contributed by atoms with E-state index >= 15 is 0 Å². The molecule has 8 nitrogen and oxygen atoms in total. The van der Waals surface area contributed by atoms with Gasteiger partial charge in [-0.1, -0.05) is 48.0 Å². The van der Waals surface area contributed by atoms with Crippen molar-refractivity contribution >= 4 is 39.3 Å². The molecule has 1 atom stereocenters. The second-order valence-corrected chi connectivity index (χ2v) is 9.51. The molecule has 0 unspecified atom stereocenters. The summed E-state index contributed by atoms with van der Waals surface area (Å²) in [5, 5.41) is 2.98. The molecule has 0 spiro atoms. The van der Waals surface area contributed by atoms with Gasteiger partial charge in [-0.05, 0) is 30.7 Å². The average molecular weight is 467 g/mol. The second kappa shape index (κ2) is 10.6. The van der Waals surface area contributed by atoms with Crippen molar-refractivity contribution in [1.82, 2.24) is 14.5 Å². The summed E-state index contributed by atoms with van der Waals surface area (Å²) < 4.78 is 27.9. The maximum atomic E-state index is 13.4. The minimum atomic E-state index is -3.96. The van der Waals surface area contributed by atoms with E-state index in [0.717, 1.165) is 8.61 Å². The van der Waals surface area contributed by atoms with Crippen LogP contribution in [-0.2, 0) is 26.3 Å². The van der Waals surface area contributed by atoms with Crippen molar-refractivity contribution in [3.8, 4) is 0 Å². The molecule has 0 aliphatic rings. The van der Waals surface area contributed by atoms with E-state index in [0.29, 0.717) is 16.3 Å². The third kappa shape index (κ3) is 5.96. The minimum absolute atomic E-state index is 0.0533. The zero-order valence-corrected chi connectivity index (χ0v) is 19.5. The molecule has 0 saturated heterocycles. The maximum absolute atomic E-state index is 13.4. The van der Waals surface area contributed by atoms with Crippen LogP contribution >= 0.6 is 11.6 Å². The van der Waals surface area contributed by atoms with Gasteiger partial charge in [-0.3, -0.25) is 9.59 Å². The number of hydrogen-bond donors (Lipinski definition) is 1. The van der Waals surface area contributed by atoms with Gasteiger partial charge in [-0.25, -0.2) is 4.31 Å². The van der Waals surface area contributed by atoms with Gasteiger partial charge in [-0.15, -0.1) is 0 Å². The van der Waals surface area contributed by atoms with E-state index in [1.807, 2.05) is 0 Å². The molecule has 2 amide bonds. The largest absolute Gasteiger partial charge is 0.357 e. The average Bonchev–Trinajstić information content (AvgIpc) is 2.76. The van der Waals surface area contributed by atoms with Crippen LogP contribution in [0.1, 0.15) is 12.5 Å². The lowest BCUT2D eigenvalue weighted by Crippen LogP contribution is -2.52. The molecule has 2 aromatic rings. The minimum Gasteiger partial charge on any atom is -0.357 e. The van der Waals surface area contributed by atoms with E-state index in [2.05, 4.69) is 5.32 Å².